The lowest BCUT2D eigenvalue weighted by molar-refractivity contribution is 0.313. The Hall–Kier alpha value is -0.820. The first-order valence-corrected chi connectivity index (χ1v) is 8.53. The number of nitrogens with one attached hydrogen (secondary N) is 1. The highest BCUT2D eigenvalue weighted by molar-refractivity contribution is 5.31. The van der Waals surface area contributed by atoms with Crippen LogP contribution in [0.5, 0.6) is 0 Å². The average Bonchev–Trinajstić information content (AvgIpc) is 2.60. The van der Waals surface area contributed by atoms with Crippen LogP contribution in [0.2, 0.25) is 0 Å². The Morgan fingerprint density at radius 3 is 2.80 bits per heavy atom. The molecule has 0 spiro atoms. The summed E-state index contributed by atoms with van der Waals surface area (Å²) in [5.41, 5.74) is 3.14. The van der Waals surface area contributed by atoms with E-state index in [1.165, 1.54) is 38.5 Å². The van der Waals surface area contributed by atoms with Gasteiger partial charge in [-0.2, -0.15) is 0 Å². The topological polar surface area (TPSA) is 12.0 Å². The molecule has 1 aliphatic carbocycles. The monoisotopic (exact) mass is 273 g/mol. The third-order valence-corrected chi connectivity index (χ3v) is 4.66. The van der Waals surface area contributed by atoms with Crippen molar-refractivity contribution in [3.8, 4) is 0 Å². The Kier molecular flexibility index (Phi) is 6.09. The maximum absolute atomic E-state index is 3.77. The van der Waals surface area contributed by atoms with Crippen LogP contribution in [-0.4, -0.2) is 6.54 Å². The highest BCUT2D eigenvalue weighted by Gasteiger charge is 2.26. The van der Waals surface area contributed by atoms with Crippen LogP contribution in [0, 0.1) is 11.8 Å². The minimum absolute atomic E-state index is 0.575. The molecule has 0 bridgehead atoms. The summed E-state index contributed by atoms with van der Waals surface area (Å²) in [6.45, 7) is 7.98. The molecule has 1 aliphatic rings. The first kappa shape index (κ1) is 15.6. The molecular weight excluding hydrogens is 242 g/mol. The fraction of sp³-hybridized carbons (Fsp3) is 0.684. The van der Waals surface area contributed by atoms with Crippen LogP contribution in [0.25, 0.3) is 0 Å². The van der Waals surface area contributed by atoms with Crippen molar-refractivity contribution in [2.75, 3.05) is 6.54 Å². The van der Waals surface area contributed by atoms with Gasteiger partial charge in [0, 0.05) is 6.04 Å². The Labute approximate surface area is 125 Å². The Balaban J connectivity index is 2.10. The first-order valence-electron chi connectivity index (χ1n) is 8.53. The highest BCUT2D eigenvalue weighted by atomic mass is 14.9. The van der Waals surface area contributed by atoms with Gasteiger partial charge >= 0.3 is 0 Å². The highest BCUT2D eigenvalue weighted by Crippen LogP contribution is 2.36. The van der Waals surface area contributed by atoms with Gasteiger partial charge in [-0.25, -0.2) is 0 Å². The van der Waals surface area contributed by atoms with Crippen molar-refractivity contribution in [2.24, 2.45) is 11.8 Å². The van der Waals surface area contributed by atoms with Gasteiger partial charge in [-0.05, 0) is 55.2 Å². The minimum Gasteiger partial charge on any atom is -0.310 e. The molecule has 0 radical (unpaired) electrons. The zero-order chi connectivity index (χ0) is 14.4. The third-order valence-electron chi connectivity index (χ3n) is 4.66. The number of rotatable bonds is 6. The standard InChI is InChI=1S/C19H31N/c1-4-20-19-17(12-7-9-15(2)3)13-8-11-16-10-5-6-14-18(16)19/h5-6,10,14-15,17,19-20H,4,7-9,11-13H2,1-3H3. The maximum atomic E-state index is 3.77. The van der Waals surface area contributed by atoms with Crippen LogP contribution < -0.4 is 5.32 Å². The van der Waals surface area contributed by atoms with Crippen molar-refractivity contribution in [1.29, 1.82) is 0 Å². The molecule has 0 saturated heterocycles. The third kappa shape index (κ3) is 4.09. The van der Waals surface area contributed by atoms with Crippen LogP contribution in [0.4, 0.5) is 0 Å². The van der Waals surface area contributed by atoms with Crippen molar-refractivity contribution < 1.29 is 0 Å². The fourth-order valence-corrected chi connectivity index (χ4v) is 3.64. The Morgan fingerprint density at radius 1 is 1.25 bits per heavy atom. The molecule has 2 unspecified atom stereocenters. The van der Waals surface area contributed by atoms with E-state index in [0.717, 1.165) is 18.4 Å². The fourth-order valence-electron chi connectivity index (χ4n) is 3.64. The van der Waals surface area contributed by atoms with Gasteiger partial charge in [0.1, 0.15) is 0 Å². The largest absolute Gasteiger partial charge is 0.310 e. The summed E-state index contributed by atoms with van der Waals surface area (Å²) in [7, 11) is 0. The lowest BCUT2D eigenvalue weighted by Gasteiger charge is -2.28. The number of benzene rings is 1. The molecular formula is C19H31N. The summed E-state index contributed by atoms with van der Waals surface area (Å²) < 4.78 is 0. The van der Waals surface area contributed by atoms with E-state index < -0.39 is 0 Å². The summed E-state index contributed by atoms with van der Waals surface area (Å²) in [4.78, 5) is 0. The van der Waals surface area contributed by atoms with Crippen LogP contribution in [-0.2, 0) is 6.42 Å². The molecule has 1 heteroatoms. The molecule has 0 amide bonds. The molecule has 2 rings (SSSR count). The van der Waals surface area contributed by atoms with Crippen LogP contribution in [0.1, 0.15) is 70.0 Å². The van der Waals surface area contributed by atoms with Gasteiger partial charge in [0.05, 0.1) is 0 Å². The van der Waals surface area contributed by atoms with Crippen molar-refractivity contribution in [3.05, 3.63) is 35.4 Å². The van der Waals surface area contributed by atoms with E-state index in [0.29, 0.717) is 6.04 Å². The summed E-state index contributed by atoms with van der Waals surface area (Å²) in [5, 5.41) is 3.77. The SMILES string of the molecule is CCNC1c2ccccc2CCCC1CCCC(C)C. The van der Waals surface area contributed by atoms with Gasteiger partial charge in [-0.1, -0.05) is 57.9 Å². The average molecular weight is 273 g/mol. The van der Waals surface area contributed by atoms with Gasteiger partial charge in [-0.3, -0.25) is 0 Å². The molecule has 0 aromatic heterocycles. The summed E-state index contributed by atoms with van der Waals surface area (Å²) in [6, 6.07) is 9.66. The minimum atomic E-state index is 0.575. The van der Waals surface area contributed by atoms with E-state index >= 15 is 0 Å². The molecule has 1 aromatic carbocycles. The van der Waals surface area contributed by atoms with Crippen molar-refractivity contribution in [1.82, 2.24) is 5.32 Å². The Bertz CT molecular complexity index is 397. The van der Waals surface area contributed by atoms with Crippen molar-refractivity contribution in [3.63, 3.8) is 0 Å². The van der Waals surface area contributed by atoms with Crippen LogP contribution >= 0.6 is 0 Å². The maximum Gasteiger partial charge on any atom is 0.0351 e. The van der Waals surface area contributed by atoms with Gasteiger partial charge < -0.3 is 5.32 Å². The quantitative estimate of drug-likeness (QED) is 0.710. The van der Waals surface area contributed by atoms with Crippen molar-refractivity contribution in [2.45, 2.75) is 65.3 Å². The summed E-state index contributed by atoms with van der Waals surface area (Å²) in [6.07, 6.45) is 8.13. The lowest BCUT2D eigenvalue weighted by Crippen LogP contribution is -2.28. The van der Waals surface area contributed by atoms with E-state index in [4.69, 9.17) is 0 Å². The lowest BCUT2D eigenvalue weighted by atomic mass is 9.86. The van der Waals surface area contributed by atoms with Gasteiger partial charge in [0.2, 0.25) is 0 Å². The van der Waals surface area contributed by atoms with Crippen LogP contribution in [0.15, 0.2) is 24.3 Å². The van der Waals surface area contributed by atoms with E-state index in [-0.39, 0.29) is 0 Å². The van der Waals surface area contributed by atoms with Gasteiger partial charge in [0.15, 0.2) is 0 Å². The molecule has 0 aliphatic heterocycles. The predicted molar refractivity (Wildman–Crippen MR) is 88.0 cm³/mol. The second kappa shape index (κ2) is 7.83. The van der Waals surface area contributed by atoms with E-state index in [1.54, 1.807) is 11.1 Å². The molecule has 0 heterocycles. The molecule has 0 saturated carbocycles. The van der Waals surface area contributed by atoms with Gasteiger partial charge in [-0.15, -0.1) is 0 Å². The first-order chi connectivity index (χ1) is 9.72. The van der Waals surface area contributed by atoms with Crippen molar-refractivity contribution >= 4 is 0 Å². The smallest absolute Gasteiger partial charge is 0.0351 e. The summed E-state index contributed by atoms with van der Waals surface area (Å²) >= 11 is 0. The molecule has 1 nitrogen and oxygen atoms in total. The zero-order valence-electron chi connectivity index (χ0n) is 13.5. The Morgan fingerprint density at radius 2 is 2.05 bits per heavy atom. The molecule has 1 aromatic rings. The molecule has 0 fully saturated rings. The molecule has 1 N–H and O–H groups in total. The van der Waals surface area contributed by atoms with Crippen LogP contribution in [0.3, 0.4) is 0 Å². The normalized spacial score (nSPS) is 22.6. The number of aryl methyl sites for hydroxylation is 1. The molecule has 112 valence electrons. The summed E-state index contributed by atoms with van der Waals surface area (Å²) in [5.74, 6) is 1.66. The number of hydrogen-bond acceptors (Lipinski definition) is 1. The molecule has 2 atom stereocenters. The number of hydrogen-bond donors (Lipinski definition) is 1. The van der Waals surface area contributed by atoms with E-state index in [9.17, 15) is 0 Å². The van der Waals surface area contributed by atoms with E-state index in [2.05, 4.69) is 50.4 Å². The second-order valence-electron chi connectivity index (χ2n) is 6.71. The molecule has 20 heavy (non-hydrogen) atoms. The van der Waals surface area contributed by atoms with E-state index in [1.807, 2.05) is 0 Å². The predicted octanol–water partition coefficient (Wildman–Crippen LogP) is 5.12. The zero-order valence-corrected chi connectivity index (χ0v) is 13.5. The second-order valence-corrected chi connectivity index (χ2v) is 6.71. The van der Waals surface area contributed by atoms with Gasteiger partial charge in [0.25, 0.3) is 0 Å². The number of fused-ring (bicyclic) bond motifs is 1.